The second kappa shape index (κ2) is 8.64. The zero-order valence-corrected chi connectivity index (χ0v) is 21.2. The largest absolute Gasteiger partial charge is 0.453 e. The number of rotatable bonds is 4. The van der Waals surface area contributed by atoms with Gasteiger partial charge in [-0.1, -0.05) is 84.9 Å². The van der Waals surface area contributed by atoms with E-state index in [2.05, 4.69) is 155 Å². The molecule has 184 valence electrons. The monoisotopic (exact) mass is 500 g/mol. The number of ether oxygens (including phenoxy) is 1. The van der Waals surface area contributed by atoms with Gasteiger partial charge in [0.1, 0.15) is 0 Å². The lowest BCUT2D eigenvalue weighted by Crippen LogP contribution is -2.09. The fourth-order valence-corrected chi connectivity index (χ4v) is 5.80. The molecule has 1 aliphatic rings. The lowest BCUT2D eigenvalue weighted by Gasteiger charge is -2.25. The molecule has 39 heavy (non-hydrogen) atoms. The van der Waals surface area contributed by atoms with Crippen molar-refractivity contribution in [2.45, 2.75) is 0 Å². The summed E-state index contributed by atoms with van der Waals surface area (Å²) in [6, 6.07) is 51.2. The van der Waals surface area contributed by atoms with Gasteiger partial charge in [-0.2, -0.15) is 0 Å². The maximum Gasteiger partial charge on any atom is 0.152 e. The molecule has 0 saturated carbocycles. The number of aromatic nitrogens is 1. The van der Waals surface area contributed by atoms with Crippen LogP contribution in [0.25, 0.3) is 38.6 Å². The van der Waals surface area contributed by atoms with E-state index in [1.165, 1.54) is 16.3 Å². The van der Waals surface area contributed by atoms with Crippen molar-refractivity contribution in [2.24, 2.45) is 0 Å². The number of benzene rings is 6. The van der Waals surface area contributed by atoms with Gasteiger partial charge in [-0.3, -0.25) is 0 Å². The summed E-state index contributed by atoms with van der Waals surface area (Å²) in [6.45, 7) is 0. The number of anilines is 3. The highest BCUT2D eigenvalue weighted by Gasteiger charge is 2.24. The minimum atomic E-state index is 0.871. The average Bonchev–Trinajstić information content (AvgIpc) is 3.35. The Kier molecular flexibility index (Phi) is 4.82. The van der Waals surface area contributed by atoms with Crippen LogP contribution in [0.5, 0.6) is 11.5 Å². The summed E-state index contributed by atoms with van der Waals surface area (Å²) < 4.78 is 8.74. The van der Waals surface area contributed by atoms with Crippen molar-refractivity contribution < 1.29 is 4.74 Å². The fraction of sp³-hybridized carbons (Fsp3) is 0. The number of para-hydroxylation sites is 4. The smallest absolute Gasteiger partial charge is 0.152 e. The normalized spacial score (nSPS) is 11.8. The van der Waals surface area contributed by atoms with Crippen LogP contribution in [0.15, 0.2) is 146 Å². The lowest BCUT2D eigenvalue weighted by molar-refractivity contribution is 0.476. The van der Waals surface area contributed by atoms with Crippen molar-refractivity contribution in [3.63, 3.8) is 0 Å². The molecule has 0 atom stereocenters. The van der Waals surface area contributed by atoms with Crippen molar-refractivity contribution in [3.05, 3.63) is 146 Å². The zero-order chi connectivity index (χ0) is 25.8. The highest BCUT2D eigenvalue weighted by molar-refractivity contribution is 6.12. The topological polar surface area (TPSA) is 17.4 Å². The van der Waals surface area contributed by atoms with Gasteiger partial charge >= 0.3 is 0 Å². The zero-order valence-electron chi connectivity index (χ0n) is 21.2. The van der Waals surface area contributed by atoms with Crippen LogP contribution in [0.3, 0.4) is 0 Å². The van der Waals surface area contributed by atoms with Crippen molar-refractivity contribution in [3.8, 4) is 28.3 Å². The molecule has 6 aromatic carbocycles. The Morgan fingerprint density at radius 1 is 0.462 bits per heavy atom. The van der Waals surface area contributed by atoms with Crippen LogP contribution in [0.4, 0.5) is 17.1 Å². The van der Waals surface area contributed by atoms with Crippen LogP contribution in [-0.2, 0) is 0 Å². The first-order valence-electron chi connectivity index (χ1n) is 13.2. The van der Waals surface area contributed by atoms with Gasteiger partial charge in [-0.05, 0) is 71.8 Å². The summed E-state index contributed by atoms with van der Waals surface area (Å²) in [5, 5.41) is 2.45. The number of hydrogen-bond donors (Lipinski definition) is 0. The van der Waals surface area contributed by atoms with Crippen LogP contribution in [-0.4, -0.2) is 4.57 Å². The molecular weight excluding hydrogens is 476 g/mol. The summed E-state index contributed by atoms with van der Waals surface area (Å²) in [5.41, 5.74) is 9.07. The van der Waals surface area contributed by atoms with E-state index in [-0.39, 0.29) is 0 Å². The highest BCUT2D eigenvalue weighted by Crippen LogP contribution is 2.46. The van der Waals surface area contributed by atoms with Crippen molar-refractivity contribution >= 4 is 38.9 Å². The van der Waals surface area contributed by atoms with Crippen LogP contribution in [0.2, 0.25) is 0 Å². The molecule has 0 aliphatic carbocycles. The van der Waals surface area contributed by atoms with Crippen LogP contribution < -0.4 is 9.64 Å². The molecule has 1 aliphatic heterocycles. The Labute approximate surface area is 226 Å². The standard InChI is InChI=1S/C36H24N2O/c1-3-10-27(11-4-1)37(28-12-5-2-6-13-28)29-21-18-25(19-22-29)26-20-23-34-33(24-26)38-32-16-8-7-14-30(32)31-15-9-17-35(39-34)36(31)38/h1-24H. The van der Waals surface area contributed by atoms with Crippen LogP contribution >= 0.6 is 0 Å². The Morgan fingerprint density at radius 2 is 1.08 bits per heavy atom. The van der Waals surface area contributed by atoms with E-state index in [0.717, 1.165) is 50.9 Å². The van der Waals surface area contributed by atoms with E-state index in [4.69, 9.17) is 4.74 Å². The molecular formula is C36H24N2O. The van der Waals surface area contributed by atoms with Gasteiger partial charge in [0.15, 0.2) is 11.5 Å². The van der Waals surface area contributed by atoms with Gasteiger partial charge in [0, 0.05) is 27.8 Å². The molecule has 0 spiro atoms. The molecule has 8 rings (SSSR count). The van der Waals surface area contributed by atoms with E-state index in [1.54, 1.807) is 0 Å². The van der Waals surface area contributed by atoms with E-state index in [9.17, 15) is 0 Å². The first-order chi connectivity index (χ1) is 19.3. The second-order valence-electron chi connectivity index (χ2n) is 9.84. The first-order valence-corrected chi connectivity index (χ1v) is 13.2. The maximum atomic E-state index is 6.39. The number of fused-ring (bicyclic) bond motifs is 5. The minimum absolute atomic E-state index is 0.871. The molecule has 0 fully saturated rings. The van der Waals surface area contributed by atoms with E-state index >= 15 is 0 Å². The summed E-state index contributed by atoms with van der Waals surface area (Å²) in [4.78, 5) is 2.28. The van der Waals surface area contributed by atoms with Crippen molar-refractivity contribution in [1.29, 1.82) is 0 Å². The van der Waals surface area contributed by atoms with Gasteiger partial charge in [-0.15, -0.1) is 0 Å². The predicted molar refractivity (Wildman–Crippen MR) is 161 cm³/mol. The van der Waals surface area contributed by atoms with E-state index in [1.807, 2.05) is 0 Å². The highest BCUT2D eigenvalue weighted by atomic mass is 16.5. The van der Waals surface area contributed by atoms with E-state index in [0.29, 0.717) is 0 Å². The van der Waals surface area contributed by atoms with Crippen molar-refractivity contribution in [1.82, 2.24) is 4.57 Å². The molecule has 0 unspecified atom stereocenters. The molecule has 0 amide bonds. The Bertz CT molecular complexity index is 1930. The third-order valence-electron chi connectivity index (χ3n) is 7.57. The molecule has 3 nitrogen and oxygen atoms in total. The van der Waals surface area contributed by atoms with E-state index < -0.39 is 0 Å². The molecule has 2 heterocycles. The SMILES string of the molecule is c1ccc(N(c2ccccc2)c2ccc(-c3ccc4c(c3)-n3c5ccccc5c5cccc(c53)O4)cc2)cc1. The summed E-state index contributed by atoms with van der Waals surface area (Å²) in [6.07, 6.45) is 0. The molecule has 7 aromatic rings. The molecule has 3 heteroatoms. The predicted octanol–water partition coefficient (Wildman–Crippen LogP) is 10.0. The van der Waals surface area contributed by atoms with Gasteiger partial charge in [-0.25, -0.2) is 0 Å². The van der Waals surface area contributed by atoms with Crippen molar-refractivity contribution in [2.75, 3.05) is 4.90 Å². The van der Waals surface area contributed by atoms with Gasteiger partial charge in [0.2, 0.25) is 0 Å². The Balaban J connectivity index is 1.24. The summed E-state index contributed by atoms with van der Waals surface area (Å²) in [7, 11) is 0. The van der Waals surface area contributed by atoms with Gasteiger partial charge in [0.25, 0.3) is 0 Å². The van der Waals surface area contributed by atoms with Gasteiger partial charge < -0.3 is 14.2 Å². The third kappa shape index (κ3) is 3.44. The minimum Gasteiger partial charge on any atom is -0.453 e. The summed E-state index contributed by atoms with van der Waals surface area (Å²) in [5.74, 6) is 1.77. The molecule has 0 saturated heterocycles. The quantitative estimate of drug-likeness (QED) is 0.239. The van der Waals surface area contributed by atoms with Crippen LogP contribution in [0, 0.1) is 0 Å². The second-order valence-corrected chi connectivity index (χ2v) is 9.84. The molecule has 0 radical (unpaired) electrons. The Morgan fingerprint density at radius 3 is 1.82 bits per heavy atom. The average molecular weight is 501 g/mol. The van der Waals surface area contributed by atoms with Crippen LogP contribution in [0.1, 0.15) is 0 Å². The first kappa shape index (κ1) is 21.8. The van der Waals surface area contributed by atoms with Gasteiger partial charge in [0.05, 0.1) is 16.7 Å². The molecule has 0 bridgehead atoms. The number of hydrogen-bond acceptors (Lipinski definition) is 2. The maximum absolute atomic E-state index is 6.39. The Hall–Kier alpha value is -5.28. The molecule has 0 N–H and O–H groups in total. The third-order valence-corrected chi connectivity index (χ3v) is 7.57. The number of nitrogens with zero attached hydrogens (tertiary/aromatic N) is 2. The summed E-state index contributed by atoms with van der Waals surface area (Å²) >= 11 is 0. The lowest BCUT2D eigenvalue weighted by atomic mass is 10.0. The molecule has 1 aromatic heterocycles. The fourth-order valence-electron chi connectivity index (χ4n) is 5.80.